The molecule has 0 aliphatic carbocycles. The molecule has 2 aromatic rings. The van der Waals surface area contributed by atoms with Crippen LogP contribution in [0, 0.1) is 17.6 Å². The molecule has 0 fully saturated rings. The average Bonchev–Trinajstić information content (AvgIpc) is 2.67. The summed E-state index contributed by atoms with van der Waals surface area (Å²) in [6.07, 6.45) is 2.40. The van der Waals surface area contributed by atoms with Crippen molar-refractivity contribution in [2.45, 2.75) is 45.1 Å². The molecule has 3 nitrogen and oxygen atoms in total. The summed E-state index contributed by atoms with van der Waals surface area (Å²) in [5.41, 5.74) is 1.97. The van der Waals surface area contributed by atoms with E-state index in [2.05, 4.69) is 19.2 Å². The maximum Gasteiger partial charge on any atom is 0.278 e. The maximum atomic E-state index is 13.3. The maximum absolute atomic E-state index is 13.3. The van der Waals surface area contributed by atoms with Crippen LogP contribution in [0.3, 0.4) is 0 Å². The van der Waals surface area contributed by atoms with Crippen LogP contribution in [0.15, 0.2) is 48.5 Å². The largest absolute Gasteiger partial charge is 1.00 e. The van der Waals surface area contributed by atoms with Crippen LogP contribution in [0.1, 0.15) is 50.2 Å². The van der Waals surface area contributed by atoms with E-state index in [4.69, 9.17) is 0 Å². The Bertz CT molecular complexity index is 690. The Morgan fingerprint density at radius 2 is 1.45 bits per heavy atom. The standard InChI is InChI=1S/C23H30F2N2O.ClH/c1-16(2)15-22(26-3)23(28)27-14-4-5-21(17-6-10-19(24)11-7-17)18-8-12-20(25)13-9-18;/h6-13,16,21-22,26H,4-5,14-15H2,1-3H3,(H,27,28);1H. The molecule has 1 atom stereocenters. The number of carbonyl (C=O) groups is 1. The summed E-state index contributed by atoms with van der Waals surface area (Å²) in [5.74, 6) is 0.00802. The molecule has 3 N–H and O–H groups in total. The third kappa shape index (κ3) is 8.11. The van der Waals surface area contributed by atoms with Crippen molar-refractivity contribution >= 4 is 5.91 Å². The van der Waals surface area contributed by atoms with Crippen LogP contribution in [-0.2, 0) is 4.79 Å². The van der Waals surface area contributed by atoms with Crippen LogP contribution < -0.4 is 23.0 Å². The Hall–Kier alpha value is -1.98. The third-order valence-electron chi connectivity index (χ3n) is 4.98. The highest BCUT2D eigenvalue weighted by atomic mass is 35.5. The van der Waals surface area contributed by atoms with Gasteiger partial charge in [0.1, 0.15) is 11.6 Å². The molecule has 1 unspecified atom stereocenters. The van der Waals surface area contributed by atoms with Gasteiger partial charge in [0.25, 0.3) is 5.91 Å². The van der Waals surface area contributed by atoms with Gasteiger partial charge < -0.3 is 23.0 Å². The average molecular weight is 425 g/mol. The van der Waals surface area contributed by atoms with Gasteiger partial charge in [-0.05, 0) is 54.2 Å². The van der Waals surface area contributed by atoms with E-state index in [0.29, 0.717) is 12.5 Å². The van der Waals surface area contributed by atoms with Gasteiger partial charge in [-0.1, -0.05) is 38.1 Å². The van der Waals surface area contributed by atoms with E-state index in [1.807, 2.05) is 12.4 Å². The molecule has 0 saturated carbocycles. The number of benzene rings is 2. The molecule has 0 aliphatic heterocycles. The minimum absolute atomic E-state index is 0. The van der Waals surface area contributed by atoms with Crippen LogP contribution in [-0.4, -0.2) is 25.5 Å². The molecule has 0 aromatic heterocycles. The van der Waals surface area contributed by atoms with Crippen LogP contribution in [0.5, 0.6) is 0 Å². The molecule has 160 valence electrons. The zero-order valence-electron chi connectivity index (χ0n) is 17.3. The normalized spacial score (nSPS) is 12.0. The van der Waals surface area contributed by atoms with Crippen molar-refractivity contribution in [2.24, 2.45) is 5.92 Å². The number of hydrogen-bond acceptors (Lipinski definition) is 1. The van der Waals surface area contributed by atoms with Crippen LogP contribution >= 0.6 is 0 Å². The van der Waals surface area contributed by atoms with Gasteiger partial charge >= 0.3 is 0 Å². The second-order valence-electron chi connectivity index (χ2n) is 7.66. The Labute approximate surface area is 178 Å². The number of likely N-dealkylation sites (N-methyl/N-ethyl adjacent to an activating group) is 1. The van der Waals surface area contributed by atoms with Gasteiger partial charge in [-0.25, -0.2) is 8.78 Å². The lowest BCUT2D eigenvalue weighted by Gasteiger charge is -2.19. The van der Waals surface area contributed by atoms with Gasteiger partial charge in [0.05, 0.1) is 7.05 Å². The Balaban J connectivity index is 0.00000420. The van der Waals surface area contributed by atoms with Crippen LogP contribution in [0.2, 0.25) is 0 Å². The molecule has 0 spiro atoms. The van der Waals surface area contributed by atoms with Crippen molar-refractivity contribution in [1.82, 2.24) is 5.32 Å². The van der Waals surface area contributed by atoms with Crippen LogP contribution in [0.25, 0.3) is 0 Å². The molecular weight excluding hydrogens is 394 g/mol. The summed E-state index contributed by atoms with van der Waals surface area (Å²) in [7, 11) is 1.92. The van der Waals surface area contributed by atoms with E-state index >= 15 is 0 Å². The number of quaternary nitrogens is 1. The van der Waals surface area contributed by atoms with Gasteiger partial charge in [-0.3, -0.25) is 4.79 Å². The minimum Gasteiger partial charge on any atom is -1.00 e. The van der Waals surface area contributed by atoms with E-state index in [1.54, 1.807) is 24.3 Å². The van der Waals surface area contributed by atoms with Crippen molar-refractivity contribution < 1.29 is 31.3 Å². The van der Waals surface area contributed by atoms with Gasteiger partial charge in [-0.15, -0.1) is 0 Å². The summed E-state index contributed by atoms with van der Waals surface area (Å²) < 4.78 is 26.6. The summed E-state index contributed by atoms with van der Waals surface area (Å²) in [4.78, 5) is 12.3. The highest BCUT2D eigenvalue weighted by Crippen LogP contribution is 2.29. The van der Waals surface area contributed by atoms with E-state index < -0.39 is 0 Å². The third-order valence-corrected chi connectivity index (χ3v) is 4.98. The fraction of sp³-hybridized carbons (Fsp3) is 0.435. The first-order valence-electron chi connectivity index (χ1n) is 9.98. The Morgan fingerprint density at radius 1 is 0.966 bits per heavy atom. The molecule has 2 aromatic carbocycles. The Kier molecular flexibility index (Phi) is 10.8. The first kappa shape index (κ1) is 25.1. The lowest BCUT2D eigenvalue weighted by atomic mass is 9.87. The van der Waals surface area contributed by atoms with Crippen molar-refractivity contribution in [1.29, 1.82) is 0 Å². The van der Waals surface area contributed by atoms with Crippen LogP contribution in [0.4, 0.5) is 8.78 Å². The van der Waals surface area contributed by atoms with Crippen molar-refractivity contribution in [3.63, 3.8) is 0 Å². The zero-order valence-corrected chi connectivity index (χ0v) is 18.1. The highest BCUT2D eigenvalue weighted by Gasteiger charge is 2.21. The number of halogens is 3. The van der Waals surface area contributed by atoms with E-state index in [1.165, 1.54) is 24.3 Å². The van der Waals surface area contributed by atoms with Gasteiger partial charge in [0.2, 0.25) is 0 Å². The van der Waals surface area contributed by atoms with E-state index in [0.717, 1.165) is 30.4 Å². The second kappa shape index (κ2) is 12.6. The quantitative estimate of drug-likeness (QED) is 0.539. The predicted molar refractivity (Wildman–Crippen MR) is 108 cm³/mol. The molecule has 1 amide bonds. The first-order chi connectivity index (χ1) is 13.4. The number of hydrogen-bond donors (Lipinski definition) is 2. The number of carbonyl (C=O) groups excluding carboxylic acids is 1. The summed E-state index contributed by atoms with van der Waals surface area (Å²) in [5, 5.41) is 4.98. The molecule has 0 aliphatic rings. The van der Waals surface area contributed by atoms with Crippen molar-refractivity contribution in [3.05, 3.63) is 71.3 Å². The molecule has 2 rings (SSSR count). The molecule has 0 bridgehead atoms. The first-order valence-corrected chi connectivity index (χ1v) is 9.98. The topological polar surface area (TPSA) is 45.7 Å². The number of rotatable bonds is 10. The molecule has 6 heteroatoms. The molecule has 0 heterocycles. The lowest BCUT2D eigenvalue weighted by molar-refractivity contribution is -0.651. The van der Waals surface area contributed by atoms with Crippen molar-refractivity contribution in [2.75, 3.05) is 13.6 Å². The zero-order chi connectivity index (χ0) is 20.5. The molecular formula is C23H31ClF2N2O. The minimum atomic E-state index is -0.277. The SMILES string of the molecule is C[NH2+]C(CC(C)C)C(=O)NCCCC(c1ccc(F)cc1)c1ccc(F)cc1.[Cl-]. The van der Waals surface area contributed by atoms with Gasteiger partial charge in [0.15, 0.2) is 6.04 Å². The van der Waals surface area contributed by atoms with Crippen molar-refractivity contribution in [3.8, 4) is 0 Å². The van der Waals surface area contributed by atoms with Gasteiger partial charge in [-0.2, -0.15) is 0 Å². The highest BCUT2D eigenvalue weighted by molar-refractivity contribution is 5.80. The summed E-state index contributed by atoms with van der Waals surface area (Å²) in [6, 6.07) is 12.8. The number of nitrogens with one attached hydrogen (secondary N) is 1. The summed E-state index contributed by atoms with van der Waals surface area (Å²) in [6.45, 7) is 4.81. The Morgan fingerprint density at radius 3 is 1.86 bits per heavy atom. The predicted octanol–water partition coefficient (Wildman–Crippen LogP) is 0.605. The lowest BCUT2D eigenvalue weighted by Crippen LogP contribution is -3.00. The number of nitrogens with two attached hydrogens (primary N) is 1. The molecule has 0 saturated heterocycles. The van der Waals surface area contributed by atoms with E-state index in [9.17, 15) is 13.6 Å². The molecule has 29 heavy (non-hydrogen) atoms. The smallest absolute Gasteiger partial charge is 0.278 e. The van der Waals surface area contributed by atoms with E-state index in [-0.39, 0.29) is 41.9 Å². The van der Waals surface area contributed by atoms with Gasteiger partial charge in [0, 0.05) is 18.9 Å². The molecule has 0 radical (unpaired) electrons. The second-order valence-corrected chi connectivity index (χ2v) is 7.66. The fourth-order valence-electron chi connectivity index (χ4n) is 3.47. The fourth-order valence-corrected chi connectivity index (χ4v) is 3.47. The monoisotopic (exact) mass is 424 g/mol. The number of amides is 1. The summed E-state index contributed by atoms with van der Waals surface area (Å²) >= 11 is 0.